The zero-order valence-electron chi connectivity index (χ0n) is 16.2. The molecule has 2 heterocycles. The number of nitrogens with zero attached hydrogens (tertiary/aromatic N) is 3. The number of likely N-dealkylation sites (N-methyl/N-ethyl adjacent to an activating group) is 1. The third kappa shape index (κ3) is 2.87. The van der Waals surface area contributed by atoms with Gasteiger partial charge in [-0.3, -0.25) is 9.59 Å². The number of hydrogen-bond acceptors (Lipinski definition) is 3. The van der Waals surface area contributed by atoms with Crippen LogP contribution in [0.25, 0.3) is 21.9 Å². The monoisotopic (exact) mass is 374 g/mol. The molecule has 28 heavy (non-hydrogen) atoms. The Morgan fingerprint density at radius 3 is 2.61 bits per heavy atom. The van der Waals surface area contributed by atoms with Gasteiger partial charge in [-0.25, -0.2) is 4.98 Å². The second-order valence-electron chi connectivity index (χ2n) is 6.92. The summed E-state index contributed by atoms with van der Waals surface area (Å²) in [5.41, 5.74) is 3.91. The number of ketones is 1. The average Bonchev–Trinajstić information content (AvgIpc) is 3.22. The number of carbonyl (C=O) groups excluding carboxylic acids is 2. The summed E-state index contributed by atoms with van der Waals surface area (Å²) in [6.45, 7) is 4.87. The second-order valence-corrected chi connectivity index (χ2v) is 6.92. The number of aromatic nitrogens is 3. The lowest BCUT2D eigenvalue weighted by molar-refractivity contribution is -0.125. The quantitative estimate of drug-likeness (QED) is 0.428. The Morgan fingerprint density at radius 2 is 1.82 bits per heavy atom. The minimum absolute atomic E-state index is 0.272. The van der Waals surface area contributed by atoms with Gasteiger partial charge >= 0.3 is 0 Å². The maximum atomic E-state index is 13.0. The predicted octanol–water partition coefficient (Wildman–Crippen LogP) is 3.69. The average molecular weight is 374 g/mol. The number of imidazole rings is 1. The van der Waals surface area contributed by atoms with Gasteiger partial charge in [0.15, 0.2) is 0 Å². The summed E-state index contributed by atoms with van der Waals surface area (Å²) in [5, 5.41) is 0.771. The zero-order valence-corrected chi connectivity index (χ0v) is 16.2. The molecule has 0 radical (unpaired) electrons. The first-order valence-electron chi connectivity index (χ1n) is 9.32. The summed E-state index contributed by atoms with van der Waals surface area (Å²) in [6.07, 6.45) is 0. The number of nitrogens with one attached hydrogen (secondary N) is 1. The summed E-state index contributed by atoms with van der Waals surface area (Å²) >= 11 is 0. The number of hydrogen-bond donors (Lipinski definition) is 1. The Morgan fingerprint density at radius 1 is 1.11 bits per heavy atom. The van der Waals surface area contributed by atoms with Crippen molar-refractivity contribution < 1.29 is 9.59 Å². The van der Waals surface area contributed by atoms with Crippen molar-refractivity contribution in [1.29, 1.82) is 0 Å². The number of H-pyrrole nitrogens is 1. The molecule has 0 atom stereocenters. The minimum Gasteiger partial charge on any atom is -0.358 e. The first-order chi connectivity index (χ1) is 13.5. The van der Waals surface area contributed by atoms with Gasteiger partial charge in [0.05, 0.1) is 23.1 Å². The number of fused-ring (bicyclic) bond motifs is 2. The zero-order chi connectivity index (χ0) is 19.8. The summed E-state index contributed by atoms with van der Waals surface area (Å²) in [7, 11) is 1.64. The van der Waals surface area contributed by atoms with Crippen LogP contribution in [-0.4, -0.2) is 38.2 Å². The maximum Gasteiger partial charge on any atom is 0.295 e. The molecule has 0 aliphatic heterocycles. The van der Waals surface area contributed by atoms with Crippen molar-refractivity contribution in [2.75, 3.05) is 7.05 Å². The van der Waals surface area contributed by atoms with Crippen LogP contribution in [0.3, 0.4) is 0 Å². The third-order valence-electron chi connectivity index (χ3n) is 5.09. The van der Waals surface area contributed by atoms with E-state index >= 15 is 0 Å². The van der Waals surface area contributed by atoms with E-state index in [1.807, 2.05) is 62.4 Å². The lowest BCUT2D eigenvalue weighted by Crippen LogP contribution is -2.34. The van der Waals surface area contributed by atoms with Gasteiger partial charge in [-0.2, -0.15) is 0 Å². The highest BCUT2D eigenvalue weighted by molar-refractivity contribution is 6.45. The molecule has 1 N–H and O–H groups in total. The van der Waals surface area contributed by atoms with Crippen molar-refractivity contribution in [2.45, 2.75) is 26.9 Å². The van der Waals surface area contributed by atoms with Crippen molar-refractivity contribution in [3.8, 4) is 0 Å². The highest BCUT2D eigenvalue weighted by Gasteiger charge is 2.26. The lowest BCUT2D eigenvalue weighted by Gasteiger charge is -2.17. The first kappa shape index (κ1) is 18.0. The van der Waals surface area contributed by atoms with Crippen molar-refractivity contribution in [2.24, 2.45) is 0 Å². The van der Waals surface area contributed by atoms with Gasteiger partial charge in [-0.15, -0.1) is 0 Å². The smallest absolute Gasteiger partial charge is 0.295 e. The van der Waals surface area contributed by atoms with Crippen LogP contribution in [0.15, 0.2) is 48.5 Å². The number of amides is 1. The number of rotatable bonds is 5. The molecule has 0 bridgehead atoms. The van der Waals surface area contributed by atoms with E-state index in [1.165, 1.54) is 4.90 Å². The number of aryl methyl sites for hydroxylation is 2. The third-order valence-corrected chi connectivity index (χ3v) is 5.09. The van der Waals surface area contributed by atoms with Crippen LogP contribution >= 0.6 is 0 Å². The van der Waals surface area contributed by atoms with Crippen LogP contribution in [0.4, 0.5) is 0 Å². The van der Waals surface area contributed by atoms with Crippen LogP contribution in [0.2, 0.25) is 0 Å². The van der Waals surface area contributed by atoms with E-state index in [0.717, 1.165) is 34.3 Å². The van der Waals surface area contributed by atoms with E-state index < -0.39 is 11.7 Å². The molecule has 0 aliphatic carbocycles. The van der Waals surface area contributed by atoms with Crippen LogP contribution in [0.5, 0.6) is 0 Å². The first-order valence-corrected chi connectivity index (χ1v) is 9.32. The van der Waals surface area contributed by atoms with Crippen LogP contribution < -0.4 is 0 Å². The fraction of sp³-hybridized carbons (Fsp3) is 0.227. The molecule has 1 amide bonds. The molecule has 142 valence electrons. The van der Waals surface area contributed by atoms with Gasteiger partial charge in [0.2, 0.25) is 0 Å². The molecule has 4 aromatic rings. The van der Waals surface area contributed by atoms with Gasteiger partial charge in [-0.1, -0.05) is 30.3 Å². The lowest BCUT2D eigenvalue weighted by atomic mass is 10.1. The van der Waals surface area contributed by atoms with Gasteiger partial charge in [-0.05, 0) is 32.0 Å². The largest absolute Gasteiger partial charge is 0.358 e. The SMILES string of the molecule is CCn1c(CN(C)C(=O)C(=O)c2c(C)[nH]c3ccccc23)nc2ccccc21. The van der Waals surface area contributed by atoms with Crippen molar-refractivity contribution in [3.05, 3.63) is 65.6 Å². The van der Waals surface area contributed by atoms with Crippen molar-refractivity contribution in [3.63, 3.8) is 0 Å². The number of Topliss-reactive ketones (excluding diaryl/α,β-unsaturated/α-hetero) is 1. The highest BCUT2D eigenvalue weighted by Crippen LogP contribution is 2.23. The molecule has 2 aromatic carbocycles. The topological polar surface area (TPSA) is 71.0 Å². The molecule has 0 unspecified atom stereocenters. The Kier molecular flexibility index (Phi) is 4.47. The van der Waals surface area contributed by atoms with E-state index in [0.29, 0.717) is 11.3 Å². The van der Waals surface area contributed by atoms with Crippen LogP contribution in [-0.2, 0) is 17.9 Å². The molecule has 2 aromatic heterocycles. The Hall–Kier alpha value is -3.41. The van der Waals surface area contributed by atoms with E-state index in [9.17, 15) is 9.59 Å². The maximum absolute atomic E-state index is 13.0. The summed E-state index contributed by atoms with van der Waals surface area (Å²) in [4.78, 5) is 35.1. The number of aromatic amines is 1. The van der Waals surface area contributed by atoms with Crippen molar-refractivity contribution in [1.82, 2.24) is 19.4 Å². The van der Waals surface area contributed by atoms with Crippen LogP contribution in [0.1, 0.15) is 28.8 Å². The molecule has 0 spiro atoms. The number of benzene rings is 2. The molecular weight excluding hydrogens is 352 g/mol. The summed E-state index contributed by atoms with van der Waals surface area (Å²) in [5.74, 6) is -0.276. The van der Waals surface area contributed by atoms with E-state index in [4.69, 9.17) is 0 Å². The number of para-hydroxylation sites is 3. The normalized spacial score (nSPS) is 11.2. The summed E-state index contributed by atoms with van der Waals surface area (Å²) in [6, 6.07) is 15.4. The summed E-state index contributed by atoms with van der Waals surface area (Å²) < 4.78 is 2.07. The fourth-order valence-electron chi connectivity index (χ4n) is 3.73. The van der Waals surface area contributed by atoms with Gasteiger partial charge in [0.1, 0.15) is 5.82 Å². The van der Waals surface area contributed by atoms with E-state index in [2.05, 4.69) is 14.5 Å². The molecule has 6 heteroatoms. The van der Waals surface area contributed by atoms with Crippen molar-refractivity contribution >= 4 is 33.6 Å². The fourth-order valence-corrected chi connectivity index (χ4v) is 3.73. The molecule has 6 nitrogen and oxygen atoms in total. The minimum atomic E-state index is -0.539. The van der Waals surface area contributed by atoms with E-state index in [-0.39, 0.29) is 6.54 Å². The molecule has 0 saturated carbocycles. The Bertz CT molecular complexity index is 1200. The Balaban J connectivity index is 1.63. The van der Waals surface area contributed by atoms with Gasteiger partial charge < -0.3 is 14.5 Å². The van der Waals surface area contributed by atoms with Gasteiger partial charge in [0.25, 0.3) is 11.7 Å². The standard InChI is InChI=1S/C22H22N4O2/c1-4-26-18-12-8-7-11-17(18)24-19(26)13-25(3)22(28)21(27)20-14(2)23-16-10-6-5-9-15(16)20/h5-12,23H,4,13H2,1-3H3. The number of carbonyl (C=O) groups is 2. The van der Waals surface area contributed by atoms with E-state index in [1.54, 1.807) is 7.05 Å². The van der Waals surface area contributed by atoms with Gasteiger partial charge in [0, 0.05) is 30.2 Å². The molecule has 0 fully saturated rings. The second kappa shape index (κ2) is 6.96. The Labute approximate surface area is 162 Å². The molecule has 0 saturated heterocycles. The molecule has 0 aliphatic rings. The predicted molar refractivity (Wildman–Crippen MR) is 109 cm³/mol. The highest BCUT2D eigenvalue weighted by atomic mass is 16.2. The van der Waals surface area contributed by atoms with Crippen LogP contribution in [0, 0.1) is 6.92 Å². The molecular formula is C22H22N4O2. The molecule has 4 rings (SSSR count).